The first-order valence-electron chi connectivity index (χ1n) is 20.8. The molecule has 2 amide bonds. The summed E-state index contributed by atoms with van der Waals surface area (Å²) in [6, 6.07) is 17.3. The molecule has 0 unspecified atom stereocenters. The lowest BCUT2D eigenvalue weighted by atomic mass is 9.93. The normalized spacial score (nSPS) is 12.1. The Bertz CT molecular complexity index is 2900. The van der Waals surface area contributed by atoms with E-state index < -0.39 is 10.1 Å². The van der Waals surface area contributed by atoms with Gasteiger partial charge in [0.15, 0.2) is 0 Å². The molecule has 6 rings (SSSR count). The molecule has 0 bridgehead atoms. The van der Waals surface area contributed by atoms with Gasteiger partial charge >= 0.3 is 0 Å². The minimum atomic E-state index is -4.64. The van der Waals surface area contributed by atoms with Crippen molar-refractivity contribution in [3.05, 3.63) is 99.4 Å². The number of benzene rings is 5. The highest BCUT2D eigenvalue weighted by atomic mass is 32.2. The van der Waals surface area contributed by atoms with Crippen LogP contribution in [0.2, 0.25) is 0 Å². The minimum Gasteiger partial charge on any atom is -0.493 e. The highest BCUT2D eigenvalue weighted by Gasteiger charge is 2.26. The number of ether oxygens (including phenoxy) is 2. The first kappa shape index (κ1) is 45.3. The average molecular weight is 861 g/mol. The molecule has 1 aliphatic heterocycles. The fourth-order valence-electron chi connectivity index (χ4n) is 7.85. The molecule has 0 aromatic heterocycles. The van der Waals surface area contributed by atoms with Crippen LogP contribution >= 0.6 is 0 Å². The van der Waals surface area contributed by atoms with E-state index in [-0.39, 0.29) is 28.5 Å². The summed E-state index contributed by atoms with van der Waals surface area (Å²) in [4.78, 5) is 30.8. The first-order chi connectivity index (χ1) is 29.3. The Balaban J connectivity index is 1.61. The van der Waals surface area contributed by atoms with E-state index >= 15 is 0 Å². The van der Waals surface area contributed by atoms with Crippen molar-refractivity contribution in [2.24, 2.45) is 16.8 Å². The number of amides is 2. The van der Waals surface area contributed by atoms with Crippen LogP contribution in [0.1, 0.15) is 74.9 Å². The van der Waals surface area contributed by atoms with Gasteiger partial charge in [-0.1, -0.05) is 45.9 Å². The summed E-state index contributed by atoms with van der Waals surface area (Å²) >= 11 is 0. The maximum Gasteiger partial charge on any atom is 0.295 e. The second kappa shape index (κ2) is 18.0. The lowest BCUT2D eigenvalue weighted by Crippen LogP contribution is -2.20. The molecular weight excluding hydrogens is 805 g/mol. The second-order valence-corrected chi connectivity index (χ2v) is 17.5. The standard InChI is InChI=1S/C49H56N4O8S/c1-13-59-46-29(9)42(27(7)44(31(46)11)52-48(54)25(3)4)50-33-19-21-35-38(23-33)61-39-24-34(20-22-36(39)41(35)37-17-15-16-18-40(37)62(56,57)58)51-43-28(8)45(53-49(55)26(5)6)32(12)47(30(43)10)60-14-2/h15-26,50H,13-14H2,1-12H3,(H,52,54)(H,53,55)(H,56,57,58). The summed E-state index contributed by atoms with van der Waals surface area (Å²) in [5, 5.41) is 10.9. The Morgan fingerprint density at radius 2 is 1.26 bits per heavy atom. The van der Waals surface area contributed by atoms with Gasteiger partial charge in [0.05, 0.1) is 41.3 Å². The summed E-state index contributed by atoms with van der Waals surface area (Å²) < 4.78 is 55.0. The predicted octanol–water partition coefficient (Wildman–Crippen LogP) is 11.3. The van der Waals surface area contributed by atoms with Crippen LogP contribution in [0.25, 0.3) is 33.4 Å². The molecule has 0 saturated heterocycles. The Morgan fingerprint density at radius 1 is 0.694 bits per heavy atom. The van der Waals surface area contributed by atoms with Gasteiger partial charge in [0.2, 0.25) is 11.8 Å². The van der Waals surface area contributed by atoms with Crippen LogP contribution in [0.3, 0.4) is 0 Å². The number of fused-ring (bicyclic) bond motifs is 2. The maximum atomic E-state index is 13.0. The van der Waals surface area contributed by atoms with Gasteiger partial charge in [-0.3, -0.25) is 14.1 Å². The fraction of sp³-hybridized carbons (Fsp3) is 0.327. The molecule has 0 fully saturated rings. The maximum absolute atomic E-state index is 13.0. The van der Waals surface area contributed by atoms with E-state index in [2.05, 4.69) is 16.0 Å². The highest BCUT2D eigenvalue weighted by Crippen LogP contribution is 2.46. The minimum absolute atomic E-state index is 0.116. The number of anilines is 4. The number of rotatable bonds is 13. The SMILES string of the molecule is CCOc1c(C)c(N=c2ccc3c(-c4ccccc4S(=O)(=O)O)c4ccc(Nc5c(C)c(NC(=O)C(C)C)c(C)c(OCC)c5C)cc4oc-3c2)c(C)c(NC(=O)C(C)C)c1C. The molecule has 0 radical (unpaired) electrons. The van der Waals surface area contributed by atoms with Crippen molar-refractivity contribution in [1.82, 2.24) is 0 Å². The second-order valence-electron chi connectivity index (χ2n) is 16.1. The number of hydrogen-bond acceptors (Lipinski definition) is 9. The number of nitrogens with zero attached hydrogens (tertiary/aromatic N) is 1. The molecule has 1 aliphatic carbocycles. The third kappa shape index (κ3) is 8.77. The van der Waals surface area contributed by atoms with Crippen LogP contribution in [0, 0.1) is 53.4 Å². The van der Waals surface area contributed by atoms with Gasteiger partial charge in [-0.2, -0.15) is 8.42 Å². The van der Waals surface area contributed by atoms with Crippen molar-refractivity contribution in [3.63, 3.8) is 0 Å². The van der Waals surface area contributed by atoms with Crippen LogP contribution in [0.5, 0.6) is 11.5 Å². The number of hydrogen-bond donors (Lipinski definition) is 4. The molecule has 0 spiro atoms. The van der Waals surface area contributed by atoms with Crippen molar-refractivity contribution in [3.8, 4) is 33.9 Å². The predicted molar refractivity (Wildman–Crippen MR) is 247 cm³/mol. The fourth-order valence-corrected chi connectivity index (χ4v) is 8.55. The lowest BCUT2D eigenvalue weighted by molar-refractivity contribution is -0.119. The summed E-state index contributed by atoms with van der Waals surface area (Å²) in [6.07, 6.45) is 0. The largest absolute Gasteiger partial charge is 0.493 e. The summed E-state index contributed by atoms with van der Waals surface area (Å²) in [5.41, 5.74) is 10.0. The smallest absolute Gasteiger partial charge is 0.295 e. The van der Waals surface area contributed by atoms with Gasteiger partial charge in [0, 0.05) is 74.0 Å². The lowest BCUT2D eigenvalue weighted by Gasteiger charge is -2.24. The molecule has 4 aromatic carbocycles. The summed E-state index contributed by atoms with van der Waals surface area (Å²) in [6.45, 7) is 23.6. The van der Waals surface area contributed by atoms with E-state index in [9.17, 15) is 22.6 Å². The number of carbonyl (C=O) groups excluding carboxylic acids is 2. The van der Waals surface area contributed by atoms with E-state index in [0.29, 0.717) is 86.2 Å². The van der Waals surface area contributed by atoms with Gasteiger partial charge < -0.3 is 29.8 Å². The van der Waals surface area contributed by atoms with Crippen molar-refractivity contribution >= 4 is 61.3 Å². The molecule has 0 saturated carbocycles. The van der Waals surface area contributed by atoms with Gasteiger partial charge in [-0.05, 0) is 96.8 Å². The van der Waals surface area contributed by atoms with Crippen molar-refractivity contribution in [1.29, 1.82) is 0 Å². The molecule has 0 atom stereocenters. The molecule has 1 heterocycles. The molecule has 12 nitrogen and oxygen atoms in total. The molecule has 13 heteroatoms. The van der Waals surface area contributed by atoms with Crippen molar-refractivity contribution in [2.75, 3.05) is 29.2 Å². The Labute approximate surface area is 363 Å². The summed E-state index contributed by atoms with van der Waals surface area (Å²) in [5.74, 6) is 0.978. The third-order valence-electron chi connectivity index (χ3n) is 11.1. The third-order valence-corrected chi connectivity index (χ3v) is 12.0. The van der Waals surface area contributed by atoms with Gasteiger partial charge in [0.1, 0.15) is 27.7 Å². The van der Waals surface area contributed by atoms with E-state index in [0.717, 1.165) is 39.1 Å². The zero-order valence-corrected chi connectivity index (χ0v) is 38.3. The van der Waals surface area contributed by atoms with Crippen LogP contribution < -0.4 is 30.8 Å². The van der Waals surface area contributed by atoms with Crippen LogP contribution in [0.4, 0.5) is 28.4 Å². The molecule has 4 aromatic rings. The van der Waals surface area contributed by atoms with Gasteiger partial charge in [0.25, 0.3) is 10.1 Å². The zero-order chi connectivity index (χ0) is 45.4. The molecule has 326 valence electrons. The van der Waals surface area contributed by atoms with Crippen LogP contribution in [0.15, 0.2) is 75.0 Å². The Kier molecular flexibility index (Phi) is 13.2. The van der Waals surface area contributed by atoms with Crippen molar-refractivity contribution in [2.45, 2.75) is 88.0 Å². The molecule has 4 N–H and O–H groups in total. The average Bonchev–Trinajstić information content (AvgIpc) is 3.22. The number of nitrogens with one attached hydrogen (secondary N) is 3. The Morgan fingerprint density at radius 3 is 1.84 bits per heavy atom. The monoisotopic (exact) mass is 860 g/mol. The molecule has 2 aliphatic rings. The van der Waals surface area contributed by atoms with Gasteiger partial charge in [-0.25, -0.2) is 4.99 Å². The first-order valence-corrected chi connectivity index (χ1v) is 22.3. The quantitative estimate of drug-likeness (QED) is 0.0652. The van der Waals surface area contributed by atoms with Crippen LogP contribution in [-0.2, 0) is 19.7 Å². The van der Waals surface area contributed by atoms with E-state index in [1.54, 1.807) is 24.3 Å². The van der Waals surface area contributed by atoms with E-state index in [1.807, 2.05) is 113 Å². The molecule has 62 heavy (non-hydrogen) atoms. The van der Waals surface area contributed by atoms with Crippen molar-refractivity contribution < 1.29 is 36.5 Å². The van der Waals surface area contributed by atoms with E-state index in [4.69, 9.17) is 18.9 Å². The summed E-state index contributed by atoms with van der Waals surface area (Å²) in [7, 11) is -4.64. The topological polar surface area (TPSA) is 169 Å². The van der Waals surface area contributed by atoms with E-state index in [1.165, 1.54) is 6.07 Å². The molecular formula is C49H56N4O8S. The highest BCUT2D eigenvalue weighted by molar-refractivity contribution is 7.86. The zero-order valence-electron chi connectivity index (χ0n) is 37.5. The Hall–Kier alpha value is -6.18. The number of carbonyl (C=O) groups is 2. The van der Waals surface area contributed by atoms with Gasteiger partial charge in [-0.15, -0.1) is 0 Å². The van der Waals surface area contributed by atoms with Crippen LogP contribution in [-0.4, -0.2) is 38.0 Å².